The zero-order chi connectivity index (χ0) is 14.4. The molecule has 0 aliphatic carbocycles. The number of anilines is 2. The molecule has 0 radical (unpaired) electrons. The van der Waals surface area contributed by atoms with E-state index < -0.39 is 0 Å². The number of nitrogens with zero attached hydrogens (tertiary/aromatic N) is 4. The van der Waals surface area contributed by atoms with Gasteiger partial charge in [-0.15, -0.1) is 0 Å². The molecule has 0 fully saturated rings. The average Bonchev–Trinajstić information content (AvgIpc) is 2.34. The number of nitrogen functional groups attached to an aromatic ring is 1. The predicted octanol–water partition coefficient (Wildman–Crippen LogP) is 1.55. The summed E-state index contributed by atoms with van der Waals surface area (Å²) in [5.41, 5.74) is 2.49. The first-order chi connectivity index (χ1) is 8.93. The largest absolute Gasteiger partial charge is 0.354 e. The number of aromatic nitrogens is 2. The summed E-state index contributed by atoms with van der Waals surface area (Å²) in [6, 6.07) is 0. The molecule has 0 atom stereocenters. The normalized spacial score (nSPS) is 11.2. The number of rotatable bonds is 7. The Labute approximate surface area is 123 Å². The van der Waals surface area contributed by atoms with Crippen LogP contribution in [0, 0.1) is 5.92 Å². The molecule has 6 nitrogen and oxygen atoms in total. The minimum Gasteiger partial charge on any atom is -0.354 e. The van der Waals surface area contributed by atoms with Gasteiger partial charge < -0.3 is 9.80 Å². The van der Waals surface area contributed by atoms with Gasteiger partial charge in [-0.1, -0.05) is 13.8 Å². The van der Waals surface area contributed by atoms with Crippen LogP contribution in [-0.2, 0) is 0 Å². The van der Waals surface area contributed by atoms with Crippen molar-refractivity contribution in [1.82, 2.24) is 14.9 Å². The Morgan fingerprint density at radius 2 is 2.05 bits per heavy atom. The van der Waals surface area contributed by atoms with Crippen molar-refractivity contribution in [2.75, 3.05) is 44.1 Å². The fourth-order valence-electron chi connectivity index (χ4n) is 1.69. The predicted molar refractivity (Wildman–Crippen MR) is 83.1 cm³/mol. The number of hydrogen-bond donors (Lipinski definition) is 2. The third-order valence-corrected chi connectivity index (χ3v) is 3.12. The van der Waals surface area contributed by atoms with E-state index in [1.165, 1.54) is 0 Å². The Morgan fingerprint density at radius 1 is 1.37 bits per heavy atom. The number of halogens is 1. The van der Waals surface area contributed by atoms with E-state index in [1.807, 2.05) is 0 Å². The number of nitrogens with one attached hydrogen (secondary N) is 1. The topological polar surface area (TPSA) is 70.3 Å². The lowest BCUT2D eigenvalue weighted by Gasteiger charge is -2.28. The molecule has 19 heavy (non-hydrogen) atoms. The molecule has 0 saturated carbocycles. The summed E-state index contributed by atoms with van der Waals surface area (Å²) in [5, 5.41) is 0. The number of hydrogen-bond acceptors (Lipinski definition) is 6. The van der Waals surface area contributed by atoms with E-state index >= 15 is 0 Å². The minimum atomic E-state index is 0.428. The lowest BCUT2D eigenvalue weighted by Crippen LogP contribution is -2.35. The number of likely N-dealkylation sites (N-methyl/N-ethyl adjacent to an activating group) is 1. The number of nitrogens with two attached hydrogens (primary N) is 1. The molecule has 0 saturated heterocycles. The fraction of sp³-hybridized carbons (Fsp3) is 0.667. The molecule has 1 heterocycles. The Bertz CT molecular complexity index is 396. The second-order valence-electron chi connectivity index (χ2n) is 5.15. The van der Waals surface area contributed by atoms with Crippen molar-refractivity contribution in [2.24, 2.45) is 11.8 Å². The van der Waals surface area contributed by atoms with Crippen LogP contribution in [0.4, 0.5) is 11.8 Å². The molecule has 7 heteroatoms. The summed E-state index contributed by atoms with van der Waals surface area (Å²) in [6.07, 6.45) is 1.72. The second-order valence-corrected chi connectivity index (χ2v) is 6.01. The van der Waals surface area contributed by atoms with E-state index in [0.717, 1.165) is 29.9 Å². The van der Waals surface area contributed by atoms with Gasteiger partial charge in [0.1, 0.15) is 5.82 Å². The van der Waals surface area contributed by atoms with Crippen LogP contribution in [0.3, 0.4) is 0 Å². The van der Waals surface area contributed by atoms with Gasteiger partial charge in [-0.3, -0.25) is 5.43 Å². The van der Waals surface area contributed by atoms with E-state index in [2.05, 4.69) is 69.1 Å². The van der Waals surface area contributed by atoms with Crippen molar-refractivity contribution in [3.63, 3.8) is 0 Å². The van der Waals surface area contributed by atoms with Crippen molar-refractivity contribution >= 4 is 27.7 Å². The van der Waals surface area contributed by atoms with Crippen LogP contribution in [0.2, 0.25) is 0 Å². The van der Waals surface area contributed by atoms with Gasteiger partial charge in [0.2, 0.25) is 5.95 Å². The zero-order valence-corrected chi connectivity index (χ0v) is 13.6. The minimum absolute atomic E-state index is 0.428. The fourth-order valence-corrected chi connectivity index (χ4v) is 2.14. The van der Waals surface area contributed by atoms with Crippen LogP contribution < -0.4 is 16.2 Å². The van der Waals surface area contributed by atoms with Gasteiger partial charge >= 0.3 is 0 Å². The maximum Gasteiger partial charge on any atom is 0.239 e. The zero-order valence-electron chi connectivity index (χ0n) is 12.0. The van der Waals surface area contributed by atoms with Crippen LogP contribution in [0.5, 0.6) is 0 Å². The van der Waals surface area contributed by atoms with Crippen molar-refractivity contribution in [3.8, 4) is 0 Å². The molecule has 0 aliphatic heterocycles. The van der Waals surface area contributed by atoms with Crippen LogP contribution in [0.25, 0.3) is 0 Å². The first kappa shape index (κ1) is 16.1. The standard InChI is InChI=1S/C12H23BrN6/c1-9(2)8-19(6-5-18(3)4)11-10(13)7-15-12(16-11)17-14/h7,9H,5-6,8,14H2,1-4H3,(H,15,16,17). The molecule has 0 aliphatic rings. The van der Waals surface area contributed by atoms with E-state index in [4.69, 9.17) is 5.84 Å². The van der Waals surface area contributed by atoms with Gasteiger partial charge in [0.25, 0.3) is 0 Å². The third kappa shape index (κ3) is 5.30. The first-order valence-corrected chi connectivity index (χ1v) is 7.12. The highest BCUT2D eigenvalue weighted by Crippen LogP contribution is 2.24. The molecule has 0 spiro atoms. The molecule has 1 rings (SSSR count). The monoisotopic (exact) mass is 330 g/mol. The first-order valence-electron chi connectivity index (χ1n) is 6.33. The van der Waals surface area contributed by atoms with Crippen LogP contribution >= 0.6 is 15.9 Å². The highest BCUT2D eigenvalue weighted by molar-refractivity contribution is 9.10. The lowest BCUT2D eigenvalue weighted by atomic mass is 10.2. The Balaban J connectivity index is 2.94. The Morgan fingerprint density at radius 3 is 2.58 bits per heavy atom. The van der Waals surface area contributed by atoms with E-state index in [0.29, 0.717) is 11.9 Å². The lowest BCUT2D eigenvalue weighted by molar-refractivity contribution is 0.408. The van der Waals surface area contributed by atoms with E-state index in [-0.39, 0.29) is 0 Å². The summed E-state index contributed by atoms with van der Waals surface area (Å²) >= 11 is 3.51. The van der Waals surface area contributed by atoms with Crippen LogP contribution in [0.1, 0.15) is 13.8 Å². The van der Waals surface area contributed by atoms with Crippen LogP contribution in [0.15, 0.2) is 10.7 Å². The van der Waals surface area contributed by atoms with Gasteiger partial charge in [-0.05, 0) is 35.9 Å². The smallest absolute Gasteiger partial charge is 0.239 e. The highest BCUT2D eigenvalue weighted by atomic mass is 79.9. The third-order valence-electron chi connectivity index (χ3n) is 2.56. The summed E-state index contributed by atoms with van der Waals surface area (Å²) in [5.74, 6) is 7.23. The van der Waals surface area contributed by atoms with Gasteiger partial charge in [-0.25, -0.2) is 10.8 Å². The maximum atomic E-state index is 5.38. The van der Waals surface area contributed by atoms with Crippen molar-refractivity contribution in [3.05, 3.63) is 10.7 Å². The number of hydrazine groups is 1. The average molecular weight is 331 g/mol. The molecular weight excluding hydrogens is 308 g/mol. The summed E-state index contributed by atoms with van der Waals surface area (Å²) in [4.78, 5) is 12.9. The van der Waals surface area contributed by atoms with Gasteiger partial charge in [0, 0.05) is 25.8 Å². The molecule has 0 aromatic carbocycles. The Kier molecular flexibility index (Phi) is 6.47. The molecule has 3 N–H and O–H groups in total. The van der Waals surface area contributed by atoms with Crippen molar-refractivity contribution in [1.29, 1.82) is 0 Å². The Hall–Kier alpha value is -0.920. The van der Waals surface area contributed by atoms with Crippen molar-refractivity contribution < 1.29 is 0 Å². The van der Waals surface area contributed by atoms with Gasteiger partial charge in [-0.2, -0.15) is 4.98 Å². The van der Waals surface area contributed by atoms with Crippen molar-refractivity contribution in [2.45, 2.75) is 13.8 Å². The van der Waals surface area contributed by atoms with Crippen LogP contribution in [-0.4, -0.2) is 48.6 Å². The van der Waals surface area contributed by atoms with E-state index in [1.54, 1.807) is 6.20 Å². The second kappa shape index (κ2) is 7.62. The molecule has 0 unspecified atom stereocenters. The summed E-state index contributed by atoms with van der Waals surface area (Å²) < 4.78 is 0.880. The molecule has 0 amide bonds. The van der Waals surface area contributed by atoms with E-state index in [9.17, 15) is 0 Å². The highest BCUT2D eigenvalue weighted by Gasteiger charge is 2.15. The molecule has 1 aromatic rings. The molecule has 1 aromatic heterocycles. The van der Waals surface area contributed by atoms with Gasteiger partial charge in [0.15, 0.2) is 0 Å². The quantitative estimate of drug-likeness (QED) is 0.584. The molecular formula is C12H23BrN6. The molecule has 108 valence electrons. The van der Waals surface area contributed by atoms with Gasteiger partial charge in [0.05, 0.1) is 4.47 Å². The summed E-state index contributed by atoms with van der Waals surface area (Å²) in [7, 11) is 4.13. The summed E-state index contributed by atoms with van der Waals surface area (Å²) in [6.45, 7) is 7.20. The SMILES string of the molecule is CC(C)CN(CCN(C)C)c1nc(NN)ncc1Br. The molecule has 0 bridgehead atoms. The maximum absolute atomic E-state index is 5.38.